The van der Waals surface area contributed by atoms with Crippen molar-refractivity contribution in [3.63, 3.8) is 0 Å². The minimum absolute atomic E-state index is 0.0360. The summed E-state index contributed by atoms with van der Waals surface area (Å²) in [5.74, 6) is 4.18. The predicted molar refractivity (Wildman–Crippen MR) is 389 cm³/mol. The number of carbonyl (C=O) groups excluding carboxylic acids is 1. The van der Waals surface area contributed by atoms with Crippen LogP contribution < -0.4 is 0 Å². The van der Waals surface area contributed by atoms with Gasteiger partial charge in [-0.15, -0.1) is 29.1 Å². The van der Waals surface area contributed by atoms with E-state index >= 15 is 0 Å². The number of H-pyrrole nitrogens is 1. The molecule has 1 unspecified atom stereocenters. The Bertz CT molecular complexity index is 3170. The van der Waals surface area contributed by atoms with Gasteiger partial charge in [0.2, 0.25) is 0 Å². The molecule has 0 saturated heterocycles. The third-order valence-electron chi connectivity index (χ3n) is 12.7. The van der Waals surface area contributed by atoms with Crippen molar-refractivity contribution in [1.29, 1.82) is 0 Å². The number of carbonyl (C=O) groups is 1. The Kier molecular flexibility index (Phi) is 31.2. The first-order valence-electron chi connectivity index (χ1n) is 29.7. The third-order valence-corrected chi connectivity index (χ3v) is 16.9. The van der Waals surface area contributed by atoms with Crippen LogP contribution >= 0.6 is 45.7 Å². The largest absolute Gasteiger partial charge is 0.458 e. The Hall–Kier alpha value is -6.64. The smallest absolute Gasteiger partial charge is 0.330 e. The number of thiazole rings is 2. The molecule has 89 heavy (non-hydrogen) atoms. The van der Waals surface area contributed by atoms with E-state index < -0.39 is 0 Å². The quantitative estimate of drug-likeness (QED) is 0.126. The summed E-state index contributed by atoms with van der Waals surface area (Å²) in [6, 6.07) is 4.00. The molecule has 1 aliphatic heterocycles. The number of nitrogens with one attached hydrogen (secondary N) is 1. The highest BCUT2D eigenvalue weighted by molar-refractivity contribution is 7.12. The number of ether oxygens (including phenoxy) is 1. The zero-order chi connectivity index (χ0) is 68.7. The van der Waals surface area contributed by atoms with E-state index in [1.54, 1.807) is 70.8 Å². The summed E-state index contributed by atoms with van der Waals surface area (Å²) < 4.78 is 20.7. The number of esters is 1. The van der Waals surface area contributed by atoms with Crippen LogP contribution in [0.4, 0.5) is 0 Å². The number of hydrogen-bond donors (Lipinski definition) is 1. The average molecular weight is 1290 g/mol. The van der Waals surface area contributed by atoms with Gasteiger partial charge < -0.3 is 13.8 Å². The van der Waals surface area contributed by atoms with Gasteiger partial charge >= 0.3 is 5.97 Å². The number of terminal acetylenes is 1. The first-order chi connectivity index (χ1) is 40.7. The first kappa shape index (κ1) is 80.4. The SMILES string of the molecule is C#Cc1[nH]ncc1C(C)(C)C.C=Cc1cc(C(C)(C)C)on1.C=Cc1cc(C(C)(C)C)sn1.C=Cc1nc(C(C)(C)C)cn1C.C=Cc1nc(C(C)(C)C)cs1.C=Cc1ncc(C(C)(C)C)s1.C=Cc1nscc1C(C)(C)C.CC(C)(C)C1CC=CC(=O)O1. The lowest BCUT2D eigenvalue weighted by molar-refractivity contribution is -0.149. The van der Waals surface area contributed by atoms with Crippen molar-refractivity contribution in [2.45, 2.75) is 217 Å². The van der Waals surface area contributed by atoms with E-state index in [0.717, 1.165) is 67.7 Å². The molecule has 0 bridgehead atoms. The number of cyclic esters (lactones) is 1. The maximum Gasteiger partial charge on any atom is 0.330 e. The Morgan fingerprint density at radius 1 is 0.629 bits per heavy atom. The van der Waals surface area contributed by atoms with E-state index in [1.165, 1.54) is 32.9 Å². The van der Waals surface area contributed by atoms with Gasteiger partial charge in [-0.3, -0.25) is 5.10 Å². The summed E-state index contributed by atoms with van der Waals surface area (Å²) in [4.78, 5) is 26.5. The standard InChI is InChI=1S/C10H16N2.C9H12N2.C9H13NO.4C9H13NS.C9H14O2/c1-6-9-11-8(7-12(9)5)10(2,3)4;1-5-8-7(6-10-11-8)9(2,3)4;1-5-7-6-8(11-10-7)9(2,3)4;1-5-8-10-7(6-11-8)9(2,3)4;1-5-8-10-6-7(11-8)9(2,3)4;1-5-8-7(6-11-10-8)9(2,3)4;1-5-7-6-8(11-10-7)9(2,3)4;1-9(2,3)7-5-4-6-8(10)11-7/h6-7H,1H2,2-5H3;1,6H,2-4H3,(H,10,11);5*5-6H,1H2,2-4H3;4,6-7H,5H2,1-3H3. The zero-order valence-electron chi connectivity index (χ0n) is 58.7. The normalized spacial score (nSPS) is 13.2. The molecule has 0 aliphatic carbocycles. The molecule has 8 heterocycles. The molecule has 1 aliphatic rings. The summed E-state index contributed by atoms with van der Waals surface area (Å²) in [5.41, 5.74) is 9.35. The molecule has 0 saturated carbocycles. The topological polar surface area (TPSA) is 150 Å². The van der Waals surface area contributed by atoms with Gasteiger partial charge in [0, 0.05) is 80.3 Å². The van der Waals surface area contributed by atoms with E-state index in [1.807, 2.05) is 36.0 Å². The molecule has 0 aromatic carbocycles. The van der Waals surface area contributed by atoms with Gasteiger partial charge in [-0.05, 0) is 98.2 Å². The lowest BCUT2D eigenvalue weighted by atomic mass is 9.86. The van der Waals surface area contributed by atoms with Crippen molar-refractivity contribution in [2.24, 2.45) is 12.5 Å². The van der Waals surface area contributed by atoms with Crippen LogP contribution in [0.3, 0.4) is 0 Å². The van der Waals surface area contributed by atoms with Crippen molar-refractivity contribution in [3.05, 3.63) is 170 Å². The number of hydrogen-bond acceptors (Lipinski definition) is 14. The Labute approximate surface area is 553 Å². The molecular formula is C73H107N9O3S4. The van der Waals surface area contributed by atoms with Crippen molar-refractivity contribution >= 4 is 88.2 Å². The second-order valence-corrected chi connectivity index (χ2v) is 32.7. The average Bonchev–Trinajstić information content (AvgIpc) is 2.59. The molecule has 7 aromatic rings. The van der Waals surface area contributed by atoms with E-state index in [9.17, 15) is 4.79 Å². The minimum atomic E-state index is -0.212. The van der Waals surface area contributed by atoms with Gasteiger partial charge in [0.15, 0.2) is 0 Å². The van der Waals surface area contributed by atoms with Gasteiger partial charge in [-0.25, -0.2) is 19.7 Å². The monoisotopic (exact) mass is 1290 g/mol. The summed E-state index contributed by atoms with van der Waals surface area (Å²) in [5, 5.41) is 16.7. The molecule has 0 fully saturated rings. The number of imidazole rings is 1. The molecule has 0 radical (unpaired) electrons. The molecule has 486 valence electrons. The third kappa shape index (κ3) is 28.8. The second kappa shape index (κ2) is 34.5. The van der Waals surface area contributed by atoms with Gasteiger partial charge in [0.25, 0.3) is 0 Å². The molecule has 16 heteroatoms. The Balaban J connectivity index is 0.000000509. The van der Waals surface area contributed by atoms with E-state index in [0.29, 0.717) is 0 Å². The first-order valence-corrected chi connectivity index (χ1v) is 33.0. The zero-order valence-corrected chi connectivity index (χ0v) is 62.0. The molecule has 7 aromatic heterocycles. The fourth-order valence-electron chi connectivity index (χ4n) is 6.93. The molecule has 8 rings (SSSR count). The lowest BCUT2D eigenvalue weighted by Gasteiger charge is -2.30. The Morgan fingerprint density at radius 2 is 1.20 bits per heavy atom. The highest BCUT2D eigenvalue weighted by Crippen LogP contribution is 2.31. The predicted octanol–water partition coefficient (Wildman–Crippen LogP) is 20.9. The van der Waals surface area contributed by atoms with Crippen LogP contribution in [0.5, 0.6) is 0 Å². The molecule has 1 atom stereocenters. The van der Waals surface area contributed by atoms with Crippen molar-refractivity contribution < 1.29 is 14.1 Å². The fourth-order valence-corrected chi connectivity index (χ4v) is 10.3. The van der Waals surface area contributed by atoms with Crippen LogP contribution in [0.25, 0.3) is 36.5 Å². The molecular weight excluding hydrogens is 1180 g/mol. The van der Waals surface area contributed by atoms with Crippen molar-refractivity contribution in [3.8, 4) is 12.3 Å². The number of rotatable bonds is 6. The number of nitrogens with zero attached hydrogens (tertiary/aromatic N) is 8. The minimum Gasteiger partial charge on any atom is -0.458 e. The van der Waals surface area contributed by atoms with Crippen LogP contribution in [0.2, 0.25) is 0 Å². The van der Waals surface area contributed by atoms with Crippen LogP contribution in [-0.2, 0) is 54.5 Å². The van der Waals surface area contributed by atoms with Gasteiger partial charge in [-0.2, -0.15) is 13.8 Å². The summed E-state index contributed by atoms with van der Waals surface area (Å²) >= 11 is 6.41. The highest BCUT2D eigenvalue weighted by Gasteiger charge is 2.29. The summed E-state index contributed by atoms with van der Waals surface area (Å²) in [6.07, 6.45) is 25.9. The highest BCUT2D eigenvalue weighted by atomic mass is 32.1. The second-order valence-electron chi connectivity index (χ2n) is 29.3. The van der Waals surface area contributed by atoms with E-state index in [4.69, 9.17) is 15.7 Å². The number of aromatic nitrogens is 9. The maximum atomic E-state index is 10.8. The Morgan fingerprint density at radius 3 is 1.51 bits per heavy atom. The van der Waals surface area contributed by atoms with Crippen molar-refractivity contribution in [2.75, 3.05) is 0 Å². The van der Waals surface area contributed by atoms with E-state index in [2.05, 4.69) is 274 Å². The summed E-state index contributed by atoms with van der Waals surface area (Å²) in [6.45, 7) is 73.5. The van der Waals surface area contributed by atoms with Crippen LogP contribution in [-0.4, -0.2) is 55.7 Å². The molecule has 0 spiro atoms. The number of aryl methyl sites for hydroxylation is 1. The van der Waals surface area contributed by atoms with Crippen LogP contribution in [0.15, 0.2) is 97.6 Å². The van der Waals surface area contributed by atoms with Crippen molar-refractivity contribution in [1.82, 2.24) is 43.6 Å². The molecule has 1 N–H and O–H groups in total. The van der Waals surface area contributed by atoms with Crippen LogP contribution in [0, 0.1) is 17.8 Å². The molecule has 0 amide bonds. The lowest BCUT2D eigenvalue weighted by Crippen LogP contribution is -2.32. The van der Waals surface area contributed by atoms with Gasteiger partial charge in [0.1, 0.15) is 39.1 Å². The van der Waals surface area contributed by atoms with Gasteiger partial charge in [-0.1, -0.05) is 223 Å². The van der Waals surface area contributed by atoms with Crippen LogP contribution in [0.1, 0.15) is 249 Å². The van der Waals surface area contributed by atoms with Gasteiger partial charge in [0.05, 0.1) is 29.0 Å². The van der Waals surface area contributed by atoms with E-state index in [-0.39, 0.29) is 55.4 Å². The summed E-state index contributed by atoms with van der Waals surface area (Å²) in [7, 11) is 1.99. The fraction of sp³-hybridized carbons (Fsp3) is 0.479. The molecule has 12 nitrogen and oxygen atoms in total. The number of aromatic amines is 1. The maximum absolute atomic E-state index is 10.8.